The molecule has 0 radical (unpaired) electrons. The predicted octanol–water partition coefficient (Wildman–Crippen LogP) is 7.89. The molecule has 4 aromatic carbocycles. The van der Waals surface area contributed by atoms with Crippen LogP contribution in [-0.2, 0) is 30.0 Å². The number of aryl methyl sites for hydroxylation is 3. The second-order valence-electron chi connectivity index (χ2n) is 13.1. The van der Waals surface area contributed by atoms with Crippen molar-refractivity contribution in [3.63, 3.8) is 0 Å². The number of fused-ring (bicyclic) bond motifs is 2. The lowest BCUT2D eigenvalue weighted by molar-refractivity contribution is 0.237. The molecule has 0 spiro atoms. The predicted molar refractivity (Wildman–Crippen MR) is 195 cm³/mol. The first-order valence-corrected chi connectivity index (χ1v) is 18.6. The normalized spacial score (nSPS) is 14.0. The minimum atomic E-state index is -4.10. The molecule has 2 heterocycles. The van der Waals surface area contributed by atoms with Crippen LogP contribution in [0.1, 0.15) is 62.4 Å². The van der Waals surface area contributed by atoms with Gasteiger partial charge in [0.1, 0.15) is 11.6 Å². The van der Waals surface area contributed by atoms with Crippen LogP contribution in [0.3, 0.4) is 0 Å². The molecule has 252 valence electrons. The fourth-order valence-electron chi connectivity index (χ4n) is 7.11. The number of para-hydroxylation sites is 2. The summed E-state index contributed by atoms with van der Waals surface area (Å²) >= 11 is 0. The molecule has 6 aromatic rings. The number of nitrogens with zero attached hydrogens (tertiary/aromatic N) is 4. The molecule has 1 aliphatic carbocycles. The fraction of sp³-hybridized carbons (Fsp3) is 0.308. The Morgan fingerprint density at radius 2 is 1.61 bits per heavy atom. The van der Waals surface area contributed by atoms with E-state index in [0.717, 1.165) is 101 Å². The van der Waals surface area contributed by atoms with Gasteiger partial charge in [-0.05, 0) is 73.2 Å². The maximum absolute atomic E-state index is 13.4. The number of carbonyl (C=O) groups excluding carboxylic acids is 1. The van der Waals surface area contributed by atoms with Gasteiger partial charge < -0.3 is 14.5 Å². The lowest BCUT2D eigenvalue weighted by atomic mass is 9.96. The smallest absolute Gasteiger partial charge is 0.328 e. The SMILES string of the molecule is CCCc1nc2c(C)cc(-c3nc4ccccc4n3C)cc2n1Cc1ccc(-c2ccccc2S(=O)(=O)NC(=O)NC2CCCCC2)cc1. The number of urea groups is 1. The van der Waals surface area contributed by atoms with Gasteiger partial charge in [0.25, 0.3) is 10.0 Å². The Morgan fingerprint density at radius 3 is 2.37 bits per heavy atom. The summed E-state index contributed by atoms with van der Waals surface area (Å²) in [5.74, 6) is 1.94. The Morgan fingerprint density at radius 1 is 0.878 bits per heavy atom. The third kappa shape index (κ3) is 6.57. The van der Waals surface area contributed by atoms with Crippen LogP contribution < -0.4 is 10.0 Å². The third-order valence-corrected chi connectivity index (χ3v) is 11.0. The summed E-state index contributed by atoms with van der Waals surface area (Å²) in [6, 6.07) is 26.6. The summed E-state index contributed by atoms with van der Waals surface area (Å²) in [7, 11) is -2.05. The zero-order chi connectivity index (χ0) is 34.1. The minimum absolute atomic E-state index is 0.00245. The van der Waals surface area contributed by atoms with Gasteiger partial charge in [-0.2, -0.15) is 0 Å². The summed E-state index contributed by atoms with van der Waals surface area (Å²) in [5, 5.41) is 2.84. The highest BCUT2D eigenvalue weighted by molar-refractivity contribution is 7.90. The summed E-state index contributed by atoms with van der Waals surface area (Å²) in [6.45, 7) is 4.88. The zero-order valence-corrected chi connectivity index (χ0v) is 29.1. The molecule has 0 unspecified atom stereocenters. The first-order valence-electron chi connectivity index (χ1n) is 17.1. The third-order valence-electron chi connectivity index (χ3n) is 9.59. The van der Waals surface area contributed by atoms with Crippen LogP contribution in [0.5, 0.6) is 0 Å². The van der Waals surface area contributed by atoms with Gasteiger partial charge in [0, 0.05) is 37.2 Å². The first-order chi connectivity index (χ1) is 23.7. The van der Waals surface area contributed by atoms with E-state index in [1.807, 2.05) is 48.5 Å². The Hall–Kier alpha value is -4.96. The van der Waals surface area contributed by atoms with E-state index < -0.39 is 16.1 Å². The molecule has 49 heavy (non-hydrogen) atoms. The number of nitrogens with one attached hydrogen (secondary N) is 2. The molecule has 1 saturated carbocycles. The average molecular weight is 675 g/mol. The average Bonchev–Trinajstić information content (AvgIpc) is 3.62. The number of hydrogen-bond acceptors (Lipinski definition) is 5. The van der Waals surface area contributed by atoms with Gasteiger partial charge in [0.2, 0.25) is 0 Å². The van der Waals surface area contributed by atoms with Crippen molar-refractivity contribution in [1.29, 1.82) is 0 Å². The van der Waals surface area contributed by atoms with Crippen molar-refractivity contribution < 1.29 is 13.2 Å². The first kappa shape index (κ1) is 32.6. The van der Waals surface area contributed by atoms with E-state index in [2.05, 4.69) is 58.3 Å². The van der Waals surface area contributed by atoms with E-state index in [1.165, 1.54) is 0 Å². The summed E-state index contributed by atoms with van der Waals surface area (Å²) in [6.07, 6.45) is 6.78. The number of hydrogen-bond donors (Lipinski definition) is 2. The molecule has 1 fully saturated rings. The van der Waals surface area contributed by atoms with E-state index in [0.29, 0.717) is 12.1 Å². The lowest BCUT2D eigenvalue weighted by Gasteiger charge is -2.23. The molecular weight excluding hydrogens is 633 g/mol. The maximum Gasteiger partial charge on any atom is 0.328 e. The van der Waals surface area contributed by atoms with E-state index in [1.54, 1.807) is 18.2 Å². The van der Waals surface area contributed by atoms with Gasteiger partial charge in [-0.1, -0.05) is 80.8 Å². The monoisotopic (exact) mass is 674 g/mol. The summed E-state index contributed by atoms with van der Waals surface area (Å²) < 4.78 is 33.5. The van der Waals surface area contributed by atoms with Crippen LogP contribution in [0, 0.1) is 6.92 Å². The van der Waals surface area contributed by atoms with Crippen molar-refractivity contribution in [2.75, 3.05) is 0 Å². The molecular formula is C39H42N6O3S. The number of imidazole rings is 2. The van der Waals surface area contributed by atoms with E-state index in [4.69, 9.17) is 9.97 Å². The quantitative estimate of drug-likeness (QED) is 0.162. The highest BCUT2D eigenvalue weighted by Crippen LogP contribution is 2.32. The maximum atomic E-state index is 13.4. The number of carbonyl (C=O) groups is 1. The molecule has 2 aromatic heterocycles. The molecule has 9 nitrogen and oxygen atoms in total. The van der Waals surface area contributed by atoms with Crippen LogP contribution in [-0.4, -0.2) is 39.6 Å². The highest BCUT2D eigenvalue weighted by atomic mass is 32.2. The van der Waals surface area contributed by atoms with Gasteiger partial charge in [0.05, 0.1) is 27.0 Å². The number of amides is 2. The summed E-state index contributed by atoms with van der Waals surface area (Å²) in [4.78, 5) is 22.8. The molecule has 2 amide bonds. The van der Waals surface area contributed by atoms with Crippen LogP contribution in [0.15, 0.2) is 89.8 Å². The van der Waals surface area contributed by atoms with Gasteiger partial charge >= 0.3 is 6.03 Å². The van der Waals surface area contributed by atoms with Crippen molar-refractivity contribution in [1.82, 2.24) is 29.1 Å². The van der Waals surface area contributed by atoms with Crippen molar-refractivity contribution >= 4 is 38.1 Å². The molecule has 10 heteroatoms. The Labute approximate surface area is 287 Å². The Balaban J connectivity index is 1.18. The molecule has 2 N–H and O–H groups in total. The molecule has 0 bridgehead atoms. The standard InChI is InChI=1S/C39H42N6O3S/c1-4-12-36-42-37-26(2)23-29(38-41-32-16-9-10-17-33(32)44(38)3)24-34(37)45(36)25-27-19-21-28(22-20-27)31-15-8-11-18-35(31)49(47,48)43-39(46)40-30-13-6-5-7-14-30/h8-11,15-24,30H,4-7,12-14,25H2,1-3H3,(H2,40,43,46). The largest absolute Gasteiger partial charge is 0.335 e. The van der Waals surface area contributed by atoms with Gasteiger partial charge in [-0.25, -0.2) is 27.9 Å². The zero-order valence-electron chi connectivity index (χ0n) is 28.2. The van der Waals surface area contributed by atoms with Gasteiger partial charge in [-0.3, -0.25) is 0 Å². The van der Waals surface area contributed by atoms with Crippen molar-refractivity contribution in [2.45, 2.75) is 76.3 Å². The molecule has 0 atom stereocenters. The number of benzene rings is 4. The number of rotatable bonds is 9. The fourth-order valence-corrected chi connectivity index (χ4v) is 8.26. The summed E-state index contributed by atoms with van der Waals surface area (Å²) in [5.41, 5.74) is 8.60. The van der Waals surface area contributed by atoms with Crippen molar-refractivity contribution in [2.24, 2.45) is 7.05 Å². The van der Waals surface area contributed by atoms with E-state index in [9.17, 15) is 13.2 Å². The number of sulfonamides is 1. The molecule has 0 saturated heterocycles. The van der Waals surface area contributed by atoms with Crippen LogP contribution in [0.25, 0.3) is 44.6 Å². The highest BCUT2D eigenvalue weighted by Gasteiger charge is 2.24. The van der Waals surface area contributed by atoms with Crippen LogP contribution >= 0.6 is 0 Å². The second kappa shape index (κ2) is 13.5. The van der Waals surface area contributed by atoms with Crippen LogP contribution in [0.2, 0.25) is 0 Å². The van der Waals surface area contributed by atoms with Gasteiger partial charge in [-0.15, -0.1) is 0 Å². The topological polar surface area (TPSA) is 111 Å². The minimum Gasteiger partial charge on any atom is -0.335 e. The molecule has 1 aliphatic rings. The van der Waals surface area contributed by atoms with Crippen LogP contribution in [0.4, 0.5) is 4.79 Å². The molecule has 7 rings (SSSR count). The number of aromatic nitrogens is 4. The van der Waals surface area contributed by atoms with E-state index in [-0.39, 0.29) is 10.9 Å². The van der Waals surface area contributed by atoms with Crippen molar-refractivity contribution in [3.8, 4) is 22.5 Å². The van der Waals surface area contributed by atoms with Crippen molar-refractivity contribution in [3.05, 3.63) is 102 Å². The Bertz CT molecular complexity index is 2260. The van der Waals surface area contributed by atoms with Gasteiger partial charge in [0.15, 0.2) is 0 Å². The second-order valence-corrected chi connectivity index (χ2v) is 14.8. The van der Waals surface area contributed by atoms with E-state index >= 15 is 0 Å². The molecule has 0 aliphatic heterocycles. The lowest BCUT2D eigenvalue weighted by Crippen LogP contribution is -2.45. The Kier molecular flexibility index (Phi) is 8.98.